The molecule has 0 atom stereocenters. The van der Waals surface area contributed by atoms with Crippen LogP contribution in [-0.2, 0) is 13.0 Å². The van der Waals surface area contributed by atoms with Gasteiger partial charge in [-0.2, -0.15) is 4.98 Å². The third kappa shape index (κ3) is 3.18. The summed E-state index contributed by atoms with van der Waals surface area (Å²) in [4.78, 5) is 3.94. The van der Waals surface area contributed by atoms with Gasteiger partial charge in [-0.3, -0.25) is 0 Å². The molecule has 0 spiro atoms. The number of hydrogen-bond donors (Lipinski definition) is 1. The lowest BCUT2D eigenvalue weighted by Crippen LogP contribution is -2.16. The predicted octanol–water partition coefficient (Wildman–Crippen LogP) is 1.40. The summed E-state index contributed by atoms with van der Waals surface area (Å²) < 4.78 is 4.88. The van der Waals surface area contributed by atoms with Crippen LogP contribution in [0.4, 0.5) is 0 Å². The van der Waals surface area contributed by atoms with Gasteiger partial charge in [-0.1, -0.05) is 35.5 Å². The summed E-state index contributed by atoms with van der Waals surface area (Å²) in [7, 11) is 0. The SMILES string of the molecule is c1ccc(CNCCc2ncno2)cc1. The van der Waals surface area contributed by atoms with E-state index in [2.05, 4.69) is 27.6 Å². The van der Waals surface area contributed by atoms with E-state index in [0.29, 0.717) is 5.89 Å². The minimum absolute atomic E-state index is 0.676. The highest BCUT2D eigenvalue weighted by Crippen LogP contribution is 1.97. The summed E-state index contributed by atoms with van der Waals surface area (Å²) in [5, 5.41) is 6.86. The third-order valence-corrected chi connectivity index (χ3v) is 2.09. The Kier molecular flexibility index (Phi) is 3.46. The minimum Gasteiger partial charge on any atom is -0.340 e. The molecule has 1 aromatic heterocycles. The maximum atomic E-state index is 4.88. The average molecular weight is 203 g/mol. The fraction of sp³-hybridized carbons (Fsp3) is 0.273. The molecule has 2 rings (SSSR count). The Morgan fingerprint density at radius 2 is 2.07 bits per heavy atom. The van der Waals surface area contributed by atoms with E-state index in [0.717, 1.165) is 19.5 Å². The lowest BCUT2D eigenvalue weighted by molar-refractivity contribution is 0.375. The summed E-state index contributed by atoms with van der Waals surface area (Å²) in [6.45, 7) is 1.71. The van der Waals surface area contributed by atoms with Crippen molar-refractivity contribution in [2.45, 2.75) is 13.0 Å². The van der Waals surface area contributed by atoms with Crippen molar-refractivity contribution < 1.29 is 4.52 Å². The number of aromatic nitrogens is 2. The molecule has 0 aliphatic carbocycles. The first-order valence-corrected chi connectivity index (χ1v) is 4.95. The summed E-state index contributed by atoms with van der Waals surface area (Å²) in [5.74, 6) is 0.676. The molecule has 0 radical (unpaired) electrons. The fourth-order valence-corrected chi connectivity index (χ4v) is 1.33. The van der Waals surface area contributed by atoms with Crippen LogP contribution in [0.1, 0.15) is 11.5 Å². The summed E-state index contributed by atoms with van der Waals surface area (Å²) >= 11 is 0. The summed E-state index contributed by atoms with van der Waals surface area (Å²) in [6, 6.07) is 10.3. The maximum Gasteiger partial charge on any atom is 0.227 e. The molecule has 1 aromatic carbocycles. The van der Waals surface area contributed by atoms with Crippen molar-refractivity contribution in [1.82, 2.24) is 15.5 Å². The van der Waals surface area contributed by atoms with Gasteiger partial charge in [0.2, 0.25) is 5.89 Å². The Balaban J connectivity index is 1.68. The second kappa shape index (κ2) is 5.26. The highest BCUT2D eigenvalue weighted by molar-refractivity contribution is 5.14. The van der Waals surface area contributed by atoms with Crippen LogP contribution in [-0.4, -0.2) is 16.7 Å². The van der Waals surface area contributed by atoms with E-state index in [1.54, 1.807) is 0 Å². The highest BCUT2D eigenvalue weighted by atomic mass is 16.5. The van der Waals surface area contributed by atoms with Gasteiger partial charge in [0.15, 0.2) is 6.33 Å². The van der Waals surface area contributed by atoms with Crippen molar-refractivity contribution in [3.63, 3.8) is 0 Å². The Hall–Kier alpha value is -1.68. The van der Waals surface area contributed by atoms with E-state index >= 15 is 0 Å². The molecule has 4 heteroatoms. The van der Waals surface area contributed by atoms with Crippen LogP contribution >= 0.6 is 0 Å². The van der Waals surface area contributed by atoms with Gasteiger partial charge in [0.05, 0.1) is 0 Å². The van der Waals surface area contributed by atoms with Crippen molar-refractivity contribution >= 4 is 0 Å². The van der Waals surface area contributed by atoms with Crippen molar-refractivity contribution in [2.75, 3.05) is 6.54 Å². The standard InChI is InChI=1S/C11H13N3O/c1-2-4-10(5-3-1)8-12-7-6-11-13-9-14-15-11/h1-5,9,12H,6-8H2. The van der Waals surface area contributed by atoms with Crippen molar-refractivity contribution in [2.24, 2.45) is 0 Å². The zero-order valence-corrected chi connectivity index (χ0v) is 8.39. The third-order valence-electron chi connectivity index (χ3n) is 2.09. The Morgan fingerprint density at radius 1 is 1.20 bits per heavy atom. The molecule has 0 fully saturated rings. The molecule has 2 aromatic rings. The second-order valence-electron chi connectivity index (χ2n) is 3.25. The van der Waals surface area contributed by atoms with Crippen LogP contribution in [0.5, 0.6) is 0 Å². The number of benzene rings is 1. The second-order valence-corrected chi connectivity index (χ2v) is 3.25. The van der Waals surface area contributed by atoms with Gasteiger partial charge >= 0.3 is 0 Å². The lowest BCUT2D eigenvalue weighted by atomic mass is 10.2. The largest absolute Gasteiger partial charge is 0.340 e. The minimum atomic E-state index is 0.676. The van der Waals surface area contributed by atoms with Crippen LogP contribution in [0.25, 0.3) is 0 Å². The van der Waals surface area contributed by atoms with Crippen molar-refractivity contribution in [3.8, 4) is 0 Å². The van der Waals surface area contributed by atoms with E-state index in [-0.39, 0.29) is 0 Å². The molecular weight excluding hydrogens is 190 g/mol. The predicted molar refractivity (Wildman–Crippen MR) is 56.2 cm³/mol. The van der Waals surface area contributed by atoms with Crippen LogP contribution in [0.2, 0.25) is 0 Å². The van der Waals surface area contributed by atoms with Crippen LogP contribution < -0.4 is 5.32 Å². The molecule has 1 N–H and O–H groups in total. The van der Waals surface area contributed by atoms with Crippen molar-refractivity contribution in [3.05, 3.63) is 48.1 Å². The zero-order valence-electron chi connectivity index (χ0n) is 8.39. The molecule has 0 amide bonds. The Bertz CT molecular complexity index is 372. The highest BCUT2D eigenvalue weighted by Gasteiger charge is 1.97. The topological polar surface area (TPSA) is 51.0 Å². The van der Waals surface area contributed by atoms with Crippen molar-refractivity contribution in [1.29, 1.82) is 0 Å². The van der Waals surface area contributed by atoms with E-state index in [9.17, 15) is 0 Å². The first-order chi connectivity index (χ1) is 7.45. The smallest absolute Gasteiger partial charge is 0.227 e. The average Bonchev–Trinajstić information content (AvgIpc) is 2.79. The molecule has 0 saturated carbocycles. The normalized spacial score (nSPS) is 10.4. The molecular formula is C11H13N3O. The number of hydrogen-bond acceptors (Lipinski definition) is 4. The van der Waals surface area contributed by atoms with E-state index in [1.807, 2.05) is 18.2 Å². The molecule has 0 aliphatic rings. The molecule has 0 bridgehead atoms. The number of nitrogens with zero attached hydrogens (tertiary/aromatic N) is 2. The molecule has 0 unspecified atom stereocenters. The van der Waals surface area contributed by atoms with Crippen LogP contribution in [0, 0.1) is 0 Å². The number of rotatable bonds is 5. The molecule has 0 saturated heterocycles. The van der Waals surface area contributed by atoms with Crippen LogP contribution in [0.3, 0.4) is 0 Å². The fourth-order valence-electron chi connectivity index (χ4n) is 1.33. The van der Waals surface area contributed by atoms with E-state index in [1.165, 1.54) is 11.9 Å². The first-order valence-electron chi connectivity index (χ1n) is 4.95. The molecule has 0 aliphatic heterocycles. The van der Waals surface area contributed by atoms with Gasteiger partial charge in [0, 0.05) is 19.5 Å². The zero-order chi connectivity index (χ0) is 10.3. The van der Waals surface area contributed by atoms with Gasteiger partial charge in [-0.05, 0) is 5.56 Å². The molecule has 15 heavy (non-hydrogen) atoms. The molecule has 1 heterocycles. The quantitative estimate of drug-likeness (QED) is 0.746. The van der Waals surface area contributed by atoms with Gasteiger partial charge < -0.3 is 9.84 Å². The molecule has 78 valence electrons. The Labute approximate surface area is 88.3 Å². The molecule has 4 nitrogen and oxygen atoms in total. The first kappa shape index (κ1) is 9.86. The van der Waals surface area contributed by atoms with E-state index in [4.69, 9.17) is 4.52 Å². The lowest BCUT2D eigenvalue weighted by Gasteiger charge is -2.02. The van der Waals surface area contributed by atoms with Gasteiger partial charge in [-0.25, -0.2) is 0 Å². The number of nitrogens with one attached hydrogen (secondary N) is 1. The summed E-state index contributed by atoms with van der Waals surface area (Å²) in [5.41, 5.74) is 1.28. The monoisotopic (exact) mass is 203 g/mol. The van der Waals surface area contributed by atoms with Gasteiger partial charge in [0.1, 0.15) is 0 Å². The van der Waals surface area contributed by atoms with Crippen LogP contribution in [0.15, 0.2) is 41.2 Å². The van der Waals surface area contributed by atoms with E-state index < -0.39 is 0 Å². The Morgan fingerprint density at radius 3 is 2.80 bits per heavy atom. The summed E-state index contributed by atoms with van der Waals surface area (Å²) in [6.07, 6.45) is 2.19. The van der Waals surface area contributed by atoms with Gasteiger partial charge in [0.25, 0.3) is 0 Å². The van der Waals surface area contributed by atoms with Gasteiger partial charge in [-0.15, -0.1) is 0 Å². The maximum absolute atomic E-state index is 4.88.